The van der Waals surface area contributed by atoms with Crippen LogP contribution in [0.2, 0.25) is 0 Å². The zero-order valence-electron chi connectivity index (χ0n) is 65.7. The van der Waals surface area contributed by atoms with Gasteiger partial charge in [-0.2, -0.15) is 0 Å². The summed E-state index contributed by atoms with van der Waals surface area (Å²) in [6, 6.07) is 0. The van der Waals surface area contributed by atoms with E-state index in [0.717, 1.165) is 108 Å². The fourth-order valence-electron chi connectivity index (χ4n) is 12.5. The molecular formula is C81H158O17P2. The highest BCUT2D eigenvalue weighted by Crippen LogP contribution is 2.45. The maximum absolute atomic E-state index is 13.1. The van der Waals surface area contributed by atoms with Gasteiger partial charge in [-0.15, -0.1) is 0 Å². The molecule has 3 unspecified atom stereocenters. The number of unbranched alkanes of at least 4 members (excludes halogenated alkanes) is 46. The third-order valence-electron chi connectivity index (χ3n) is 19.2. The first-order chi connectivity index (χ1) is 48.3. The Bertz CT molecular complexity index is 1940. The summed E-state index contributed by atoms with van der Waals surface area (Å²) in [6.07, 6.45) is 59.7. The molecule has 0 saturated heterocycles. The quantitative estimate of drug-likeness (QED) is 0.0222. The molecule has 0 radical (unpaired) electrons. The average molecular weight is 1470 g/mol. The van der Waals surface area contributed by atoms with Crippen LogP contribution in [0.3, 0.4) is 0 Å². The van der Waals surface area contributed by atoms with E-state index in [9.17, 15) is 43.2 Å². The Balaban J connectivity index is 5.21. The molecule has 0 spiro atoms. The van der Waals surface area contributed by atoms with E-state index in [0.29, 0.717) is 25.7 Å². The van der Waals surface area contributed by atoms with Crippen molar-refractivity contribution in [3.05, 3.63) is 0 Å². The lowest BCUT2D eigenvalue weighted by atomic mass is 9.99. The summed E-state index contributed by atoms with van der Waals surface area (Å²) in [5.41, 5.74) is 0. The largest absolute Gasteiger partial charge is 0.472 e. The van der Waals surface area contributed by atoms with Gasteiger partial charge in [-0.3, -0.25) is 37.3 Å². The monoisotopic (exact) mass is 1470 g/mol. The minimum absolute atomic E-state index is 0.105. The summed E-state index contributed by atoms with van der Waals surface area (Å²) in [7, 11) is -9.92. The number of carbonyl (C=O) groups excluding carboxylic acids is 4. The van der Waals surface area contributed by atoms with Gasteiger partial charge in [0.05, 0.1) is 26.4 Å². The van der Waals surface area contributed by atoms with E-state index in [2.05, 4.69) is 48.5 Å². The first kappa shape index (κ1) is 98.1. The van der Waals surface area contributed by atoms with Gasteiger partial charge < -0.3 is 33.8 Å². The average Bonchev–Trinajstić information content (AvgIpc) is 1.09. The molecular weight excluding hydrogens is 1310 g/mol. The molecule has 17 nitrogen and oxygen atoms in total. The zero-order valence-corrected chi connectivity index (χ0v) is 67.5. The number of rotatable bonds is 79. The van der Waals surface area contributed by atoms with Gasteiger partial charge in [0.1, 0.15) is 19.3 Å². The summed E-state index contributed by atoms with van der Waals surface area (Å²) in [4.78, 5) is 73.0. The third kappa shape index (κ3) is 73.0. The van der Waals surface area contributed by atoms with Gasteiger partial charge in [0.15, 0.2) is 12.2 Å². The Morgan fingerprint density at radius 2 is 0.510 bits per heavy atom. The second-order valence-corrected chi connectivity index (χ2v) is 33.3. The molecule has 0 aliphatic heterocycles. The summed E-state index contributed by atoms with van der Waals surface area (Å²) in [5, 5.41) is 10.6. The number of phosphoric ester groups is 2. The van der Waals surface area contributed by atoms with Gasteiger partial charge in [0, 0.05) is 25.7 Å². The van der Waals surface area contributed by atoms with Gasteiger partial charge in [-0.05, 0) is 43.4 Å². The van der Waals surface area contributed by atoms with Crippen LogP contribution in [0.1, 0.15) is 421 Å². The standard InChI is InChI=1S/C81H158O17P2/c1-8-10-11-12-13-14-34-41-48-55-62-78(83)91-68-77(98-81(86)65-58-51-44-37-30-32-39-46-53-60-73(5)6)71-96-100(89,90)94-67-75(82)66-93-99(87,88)95-70-76(69-92-79(84)63-56-49-42-35-28-25-21-22-26-31-38-45-52-59-72(3)4)97-80(85)64-57-50-43-36-29-24-20-18-16-15-17-19-23-27-33-40-47-54-61-74(7)9-2/h72-77,82H,8-71H2,1-7H3,(H,87,88)(H,89,90)/t74?,75-,76-,77-/m1/s1. The minimum Gasteiger partial charge on any atom is -0.462 e. The summed E-state index contributed by atoms with van der Waals surface area (Å²) < 4.78 is 68.7. The molecule has 0 heterocycles. The van der Waals surface area contributed by atoms with Crippen molar-refractivity contribution in [1.29, 1.82) is 0 Å². The van der Waals surface area contributed by atoms with Crippen LogP contribution in [-0.2, 0) is 65.4 Å². The number of aliphatic hydroxyl groups excluding tert-OH is 1. The third-order valence-corrected chi connectivity index (χ3v) is 21.1. The molecule has 0 aromatic carbocycles. The van der Waals surface area contributed by atoms with E-state index in [1.54, 1.807) is 0 Å². The minimum atomic E-state index is -4.96. The predicted molar refractivity (Wildman–Crippen MR) is 409 cm³/mol. The fourth-order valence-corrected chi connectivity index (χ4v) is 14.0. The Hall–Kier alpha value is -1.94. The number of hydrogen-bond acceptors (Lipinski definition) is 15. The lowest BCUT2D eigenvalue weighted by molar-refractivity contribution is -0.161. The molecule has 0 aliphatic carbocycles. The predicted octanol–water partition coefficient (Wildman–Crippen LogP) is 24.1. The maximum atomic E-state index is 13.1. The first-order valence-corrected chi connectivity index (χ1v) is 44.9. The van der Waals surface area contributed by atoms with Crippen molar-refractivity contribution in [3.8, 4) is 0 Å². The molecule has 0 amide bonds. The summed E-state index contributed by atoms with van der Waals surface area (Å²) in [6.45, 7) is 12.0. The Morgan fingerprint density at radius 1 is 0.290 bits per heavy atom. The van der Waals surface area contributed by atoms with Gasteiger partial charge in [0.25, 0.3) is 0 Å². The SMILES string of the molecule is CCCCCCCCCCCCC(=O)OC[C@H](COP(=O)(O)OC[C@H](O)COP(=O)(O)OC[C@@H](COC(=O)CCCCCCCCCCCCCCCC(C)C)OC(=O)CCCCCCCCCCCCCCCCCCCCC(C)CC)OC(=O)CCCCCCCCCCCC(C)C. The van der Waals surface area contributed by atoms with Crippen molar-refractivity contribution in [2.24, 2.45) is 17.8 Å². The van der Waals surface area contributed by atoms with Crippen LogP contribution in [-0.4, -0.2) is 96.7 Å². The molecule has 3 N–H and O–H groups in total. The van der Waals surface area contributed by atoms with Crippen LogP contribution >= 0.6 is 15.6 Å². The molecule has 100 heavy (non-hydrogen) atoms. The molecule has 0 rings (SSSR count). The van der Waals surface area contributed by atoms with Gasteiger partial charge in [-0.1, -0.05) is 370 Å². The fraction of sp³-hybridized carbons (Fsp3) is 0.951. The molecule has 0 bridgehead atoms. The molecule has 19 heteroatoms. The van der Waals surface area contributed by atoms with Gasteiger partial charge >= 0.3 is 39.5 Å². The van der Waals surface area contributed by atoms with E-state index in [1.807, 2.05) is 0 Å². The van der Waals surface area contributed by atoms with Crippen molar-refractivity contribution >= 4 is 39.5 Å². The molecule has 594 valence electrons. The van der Waals surface area contributed by atoms with Crippen LogP contribution in [0, 0.1) is 17.8 Å². The number of hydrogen-bond donors (Lipinski definition) is 3. The number of carbonyl (C=O) groups is 4. The lowest BCUT2D eigenvalue weighted by Gasteiger charge is -2.21. The molecule has 0 saturated carbocycles. The van der Waals surface area contributed by atoms with Gasteiger partial charge in [0.2, 0.25) is 0 Å². The zero-order chi connectivity index (χ0) is 73.7. The second kappa shape index (κ2) is 71.3. The molecule has 0 aromatic rings. The maximum Gasteiger partial charge on any atom is 0.472 e. The number of ether oxygens (including phenoxy) is 4. The lowest BCUT2D eigenvalue weighted by Crippen LogP contribution is -2.30. The summed E-state index contributed by atoms with van der Waals surface area (Å²) >= 11 is 0. The topological polar surface area (TPSA) is 237 Å². The highest BCUT2D eigenvalue weighted by atomic mass is 31.2. The Kier molecular flexibility index (Phi) is 69.9. The number of esters is 4. The van der Waals surface area contributed by atoms with Crippen LogP contribution < -0.4 is 0 Å². The Morgan fingerprint density at radius 3 is 0.760 bits per heavy atom. The molecule has 6 atom stereocenters. The van der Waals surface area contributed by atoms with E-state index in [-0.39, 0.29) is 25.7 Å². The number of aliphatic hydroxyl groups is 1. The van der Waals surface area contributed by atoms with E-state index >= 15 is 0 Å². The second-order valence-electron chi connectivity index (χ2n) is 30.4. The van der Waals surface area contributed by atoms with Crippen molar-refractivity contribution in [2.45, 2.75) is 439 Å². The first-order valence-electron chi connectivity index (χ1n) is 41.9. The highest BCUT2D eigenvalue weighted by molar-refractivity contribution is 7.47. The van der Waals surface area contributed by atoms with Crippen molar-refractivity contribution in [1.82, 2.24) is 0 Å². The summed E-state index contributed by atoms with van der Waals surface area (Å²) in [5.74, 6) is 0.286. The normalized spacial score (nSPS) is 14.2. The highest BCUT2D eigenvalue weighted by Gasteiger charge is 2.30. The van der Waals surface area contributed by atoms with E-state index in [4.69, 9.17) is 37.0 Å². The van der Waals surface area contributed by atoms with Crippen molar-refractivity contribution in [3.63, 3.8) is 0 Å². The number of phosphoric acid groups is 2. The van der Waals surface area contributed by atoms with Gasteiger partial charge in [-0.25, -0.2) is 9.13 Å². The van der Waals surface area contributed by atoms with Crippen LogP contribution in [0.4, 0.5) is 0 Å². The smallest absolute Gasteiger partial charge is 0.462 e. The van der Waals surface area contributed by atoms with Crippen molar-refractivity contribution < 1.29 is 80.2 Å². The van der Waals surface area contributed by atoms with Crippen molar-refractivity contribution in [2.75, 3.05) is 39.6 Å². The van der Waals surface area contributed by atoms with E-state index < -0.39 is 97.5 Å². The molecule has 0 fully saturated rings. The molecule has 0 aromatic heterocycles. The van der Waals surface area contributed by atoms with E-state index in [1.165, 1.54) is 231 Å². The van der Waals surface area contributed by atoms with Crippen LogP contribution in [0.5, 0.6) is 0 Å². The van der Waals surface area contributed by atoms with Crippen LogP contribution in [0.15, 0.2) is 0 Å². The molecule has 0 aliphatic rings. The Labute approximate surface area is 613 Å². The van der Waals surface area contributed by atoms with Crippen LogP contribution in [0.25, 0.3) is 0 Å².